The molecule has 6 aromatic carbocycles. The van der Waals surface area contributed by atoms with Crippen LogP contribution in [0.1, 0.15) is 0 Å². The quantitative estimate of drug-likeness (QED) is 0.132. The van der Waals surface area contributed by atoms with Gasteiger partial charge in [0.2, 0.25) is 0 Å². The first-order valence-corrected chi connectivity index (χ1v) is 19.5. The summed E-state index contributed by atoms with van der Waals surface area (Å²) < 4.78 is 68.0. The second-order valence-electron chi connectivity index (χ2n) is 9.92. The zero-order chi connectivity index (χ0) is 32.6. The topological polar surface area (TPSA) is 114 Å². The van der Waals surface area contributed by atoms with E-state index in [0.29, 0.717) is 0 Å². The summed E-state index contributed by atoms with van der Waals surface area (Å²) in [5.74, 6) is 0. The van der Waals surface area contributed by atoms with Gasteiger partial charge in [0, 0.05) is 0 Å². The summed E-state index contributed by atoms with van der Waals surface area (Å²) in [5, 5.41) is 6.11. The molecule has 0 saturated carbocycles. The Morgan fingerprint density at radius 2 is 0.574 bits per heavy atom. The fraction of sp³-hybridized carbons (Fsp3) is 0. The Hall–Kier alpha value is -2.74. The van der Waals surface area contributed by atoms with Crippen LogP contribution in [0.4, 0.5) is 0 Å². The molecule has 47 heavy (non-hydrogen) atoms. The van der Waals surface area contributed by atoms with Gasteiger partial charge in [-0.25, -0.2) is 16.8 Å². The van der Waals surface area contributed by atoms with Crippen molar-refractivity contribution >= 4 is 106 Å². The first-order chi connectivity index (χ1) is 22.1. The van der Waals surface area contributed by atoms with E-state index in [1.54, 1.807) is 12.1 Å². The first kappa shape index (κ1) is 37.1. The first-order valence-electron chi connectivity index (χ1n) is 14.0. The maximum absolute atomic E-state index is 11.3. The minimum atomic E-state index is -4.46. The molecule has 0 radical (unpaired) electrons. The van der Waals surface area contributed by atoms with Gasteiger partial charge in [0.15, 0.2) is 0 Å². The third kappa shape index (κ3) is 10.1. The van der Waals surface area contributed by atoms with E-state index in [4.69, 9.17) is 0 Å². The Bertz CT molecular complexity index is 1870. The fourth-order valence-electron chi connectivity index (χ4n) is 4.76. The Morgan fingerprint density at radius 3 is 0.809 bits per heavy atom. The Kier molecular flexibility index (Phi) is 13.5. The van der Waals surface area contributed by atoms with Gasteiger partial charge in [0.1, 0.15) is 20.2 Å². The van der Waals surface area contributed by atoms with E-state index in [2.05, 4.69) is 0 Å². The van der Waals surface area contributed by atoms with Gasteiger partial charge in [-0.05, 0) is 71.9 Å². The van der Waals surface area contributed by atoms with Crippen LogP contribution in [0.15, 0.2) is 180 Å². The predicted molar refractivity (Wildman–Crippen MR) is 192 cm³/mol. The molecule has 11 heteroatoms. The van der Waals surface area contributed by atoms with Crippen molar-refractivity contribution in [2.45, 2.75) is 9.79 Å². The summed E-state index contributed by atoms with van der Waals surface area (Å²) in [6, 6.07) is 52.3. The van der Waals surface area contributed by atoms with Crippen LogP contribution >= 0.6 is 15.8 Å². The Labute approximate surface area is 308 Å². The van der Waals surface area contributed by atoms with Crippen molar-refractivity contribution in [1.82, 2.24) is 0 Å². The van der Waals surface area contributed by atoms with Gasteiger partial charge in [-0.15, -0.1) is 0 Å². The molecule has 6 rings (SSSR count). The molecule has 0 fully saturated rings. The minimum absolute atomic E-state index is 0. The van der Waals surface area contributed by atoms with Gasteiger partial charge in [0.25, 0.3) is 0 Å². The van der Waals surface area contributed by atoms with E-state index in [9.17, 15) is 25.9 Å². The number of rotatable bonds is 8. The molecule has 0 amide bonds. The zero-order valence-corrected chi connectivity index (χ0v) is 30.7. The van der Waals surface area contributed by atoms with Crippen molar-refractivity contribution in [3.63, 3.8) is 0 Å². The van der Waals surface area contributed by atoms with Crippen LogP contribution in [0.5, 0.6) is 0 Å². The molecule has 0 aliphatic carbocycles. The summed E-state index contributed by atoms with van der Waals surface area (Å²) in [4.78, 5) is -0.372. The van der Waals surface area contributed by atoms with E-state index in [1.807, 2.05) is 133 Å². The molecule has 0 bridgehead atoms. The van der Waals surface area contributed by atoms with Crippen LogP contribution in [0.25, 0.3) is 0 Å². The molecule has 6 nitrogen and oxygen atoms in total. The van der Waals surface area contributed by atoms with E-state index >= 15 is 0 Å². The molecule has 0 heterocycles. The maximum Gasteiger partial charge on any atom is 2.00 e. The molecule has 0 aliphatic rings. The smallest absolute Gasteiger partial charge is 0.744 e. The minimum Gasteiger partial charge on any atom is -0.744 e. The number of hydrogen-bond donors (Lipinski definition) is 0. The van der Waals surface area contributed by atoms with Crippen LogP contribution in [0.3, 0.4) is 0 Å². The van der Waals surface area contributed by atoms with Crippen molar-refractivity contribution in [3.8, 4) is 0 Å². The molecule has 6 aromatic rings. The third-order valence-corrected chi connectivity index (χ3v) is 13.3. The summed E-state index contributed by atoms with van der Waals surface area (Å²) in [7, 11) is -10.8. The molecule has 0 atom stereocenters. The second kappa shape index (κ2) is 17.1. The molecular weight excluding hydrogens is 695 g/mol. The summed E-state index contributed by atoms with van der Waals surface area (Å²) in [6.45, 7) is 0. The van der Waals surface area contributed by atoms with Crippen molar-refractivity contribution in [2.75, 3.05) is 0 Å². The Morgan fingerprint density at radius 1 is 0.340 bits per heavy atom. The van der Waals surface area contributed by atoms with E-state index in [0.717, 1.165) is 31.8 Å². The maximum atomic E-state index is 11.3. The largest absolute Gasteiger partial charge is 2.00 e. The van der Waals surface area contributed by atoms with Crippen LogP contribution in [0, 0.1) is 0 Å². The van der Waals surface area contributed by atoms with Crippen molar-refractivity contribution < 1.29 is 25.9 Å². The molecular formula is C36H28CaO6P2S2. The van der Waals surface area contributed by atoms with Crippen LogP contribution in [-0.4, -0.2) is 63.7 Å². The van der Waals surface area contributed by atoms with Gasteiger partial charge in [0.05, 0.1) is 9.79 Å². The van der Waals surface area contributed by atoms with Gasteiger partial charge in [-0.1, -0.05) is 146 Å². The average molecular weight is 723 g/mol. The molecule has 0 unspecified atom stereocenters. The summed E-state index contributed by atoms with van der Waals surface area (Å²) >= 11 is 0. The number of hydrogen-bond acceptors (Lipinski definition) is 6. The predicted octanol–water partition coefficient (Wildman–Crippen LogP) is 4.32. The van der Waals surface area contributed by atoms with Crippen LogP contribution < -0.4 is 31.8 Å². The van der Waals surface area contributed by atoms with Gasteiger partial charge >= 0.3 is 37.7 Å². The standard InChI is InChI=1S/2C18H15O3PS.Ca/c2*19-23(20,21)18-13-7-12-17(14-18)22(15-8-3-1-4-9-15)16-10-5-2-6-11-16;/h2*1-14H,(H,19,20,21);/q;;+2/p-2. The van der Waals surface area contributed by atoms with E-state index in [-0.39, 0.29) is 47.5 Å². The molecule has 0 spiro atoms. The average Bonchev–Trinajstić information content (AvgIpc) is 3.07. The summed E-state index contributed by atoms with van der Waals surface area (Å²) in [5.41, 5.74) is 0. The molecule has 232 valence electrons. The monoisotopic (exact) mass is 722 g/mol. The zero-order valence-electron chi connectivity index (χ0n) is 25.0. The second-order valence-corrected chi connectivity index (χ2v) is 17.1. The third-order valence-electron chi connectivity index (χ3n) is 6.79. The van der Waals surface area contributed by atoms with E-state index in [1.165, 1.54) is 24.3 Å². The molecule has 0 saturated heterocycles. The molecule has 0 aromatic heterocycles. The van der Waals surface area contributed by atoms with Crippen molar-refractivity contribution in [1.29, 1.82) is 0 Å². The molecule has 0 N–H and O–H groups in total. The van der Waals surface area contributed by atoms with Gasteiger partial charge in [-0.2, -0.15) is 0 Å². The van der Waals surface area contributed by atoms with Gasteiger partial charge in [-0.3, -0.25) is 0 Å². The number of benzene rings is 6. The SMILES string of the molecule is O=S(=O)([O-])c1cccc(P(c2ccccc2)c2ccccc2)c1.O=S(=O)([O-])c1cccc(P(c2ccccc2)c2ccccc2)c1.[Ca+2]. The fourth-order valence-corrected chi connectivity index (χ4v) is 10.6. The Balaban J connectivity index is 0.000000208. The summed E-state index contributed by atoms with van der Waals surface area (Å²) in [6.07, 6.45) is 0. The molecule has 0 aliphatic heterocycles. The van der Waals surface area contributed by atoms with Crippen molar-refractivity contribution in [2.24, 2.45) is 0 Å². The van der Waals surface area contributed by atoms with Gasteiger partial charge < -0.3 is 9.11 Å². The van der Waals surface area contributed by atoms with Crippen LogP contribution in [0.2, 0.25) is 0 Å². The van der Waals surface area contributed by atoms with E-state index < -0.39 is 36.1 Å². The van der Waals surface area contributed by atoms with Crippen molar-refractivity contribution in [3.05, 3.63) is 170 Å². The van der Waals surface area contributed by atoms with Crippen LogP contribution in [-0.2, 0) is 20.2 Å². The normalized spacial score (nSPS) is 11.3.